The van der Waals surface area contributed by atoms with Gasteiger partial charge in [0.15, 0.2) is 0 Å². The predicted molar refractivity (Wildman–Crippen MR) is 66.0 cm³/mol. The molecule has 0 heterocycles. The van der Waals surface area contributed by atoms with Crippen molar-refractivity contribution < 1.29 is 4.92 Å². The van der Waals surface area contributed by atoms with E-state index in [0.717, 1.165) is 24.8 Å². The van der Waals surface area contributed by atoms with Crippen LogP contribution in [0.4, 0.5) is 5.69 Å². The minimum absolute atomic E-state index is 0.116. The molecular formula is C12H16ClNO2. The topological polar surface area (TPSA) is 43.1 Å². The number of aryl methyl sites for hydroxylation is 1. The van der Waals surface area contributed by atoms with Crippen LogP contribution in [-0.4, -0.2) is 10.3 Å². The average molecular weight is 242 g/mol. The summed E-state index contributed by atoms with van der Waals surface area (Å²) in [6.45, 7) is 2.08. The van der Waals surface area contributed by atoms with Gasteiger partial charge in [0, 0.05) is 17.0 Å². The van der Waals surface area contributed by atoms with Crippen LogP contribution < -0.4 is 0 Å². The van der Waals surface area contributed by atoms with Crippen molar-refractivity contribution in [2.45, 2.75) is 38.0 Å². The number of nitro benzene ring substituents is 1. The van der Waals surface area contributed by atoms with E-state index in [4.69, 9.17) is 11.6 Å². The third kappa shape index (κ3) is 3.81. The van der Waals surface area contributed by atoms with Crippen molar-refractivity contribution >= 4 is 17.3 Å². The molecule has 0 aliphatic rings. The molecule has 16 heavy (non-hydrogen) atoms. The van der Waals surface area contributed by atoms with E-state index in [1.165, 1.54) is 0 Å². The van der Waals surface area contributed by atoms with Gasteiger partial charge in [0.25, 0.3) is 5.69 Å². The molecule has 0 saturated carbocycles. The van der Waals surface area contributed by atoms with E-state index in [1.54, 1.807) is 18.2 Å². The van der Waals surface area contributed by atoms with Gasteiger partial charge in [-0.15, -0.1) is 11.6 Å². The van der Waals surface area contributed by atoms with E-state index in [-0.39, 0.29) is 16.0 Å². The molecule has 0 radical (unpaired) electrons. The van der Waals surface area contributed by atoms with E-state index in [2.05, 4.69) is 6.92 Å². The summed E-state index contributed by atoms with van der Waals surface area (Å²) in [6, 6.07) is 6.85. The van der Waals surface area contributed by atoms with E-state index in [0.29, 0.717) is 6.42 Å². The molecule has 0 aliphatic carbocycles. The number of nitro groups is 1. The second-order valence-corrected chi connectivity index (χ2v) is 4.43. The van der Waals surface area contributed by atoms with Gasteiger partial charge in [-0.25, -0.2) is 0 Å². The van der Waals surface area contributed by atoms with Gasteiger partial charge in [0.05, 0.1) is 4.92 Å². The minimum Gasteiger partial charge on any atom is -0.258 e. The summed E-state index contributed by atoms with van der Waals surface area (Å²) in [5.74, 6) is 0. The van der Waals surface area contributed by atoms with Crippen molar-refractivity contribution in [1.82, 2.24) is 0 Å². The first-order valence-corrected chi connectivity index (χ1v) is 5.95. The maximum absolute atomic E-state index is 10.8. The Labute approximate surface area is 101 Å². The SMILES string of the molecule is CCCC(Cl)CCc1ccccc1[N+](=O)[O-]. The highest BCUT2D eigenvalue weighted by Crippen LogP contribution is 2.21. The second kappa shape index (κ2) is 6.48. The Morgan fingerprint density at radius 2 is 2.06 bits per heavy atom. The van der Waals surface area contributed by atoms with Crippen LogP contribution in [0.3, 0.4) is 0 Å². The first-order chi connectivity index (χ1) is 7.65. The normalized spacial score (nSPS) is 12.4. The van der Waals surface area contributed by atoms with Crippen LogP contribution in [0.5, 0.6) is 0 Å². The van der Waals surface area contributed by atoms with E-state index in [9.17, 15) is 10.1 Å². The number of hydrogen-bond donors (Lipinski definition) is 0. The molecule has 1 atom stereocenters. The largest absolute Gasteiger partial charge is 0.272 e. The minimum atomic E-state index is -0.335. The Kier molecular flexibility index (Phi) is 5.26. The first-order valence-electron chi connectivity index (χ1n) is 5.51. The van der Waals surface area contributed by atoms with Crippen LogP contribution in [0.2, 0.25) is 0 Å². The van der Waals surface area contributed by atoms with Crippen molar-refractivity contribution in [2.24, 2.45) is 0 Å². The van der Waals surface area contributed by atoms with Gasteiger partial charge in [-0.3, -0.25) is 10.1 Å². The van der Waals surface area contributed by atoms with Crippen LogP contribution in [-0.2, 0) is 6.42 Å². The van der Waals surface area contributed by atoms with Crippen molar-refractivity contribution in [3.05, 3.63) is 39.9 Å². The zero-order chi connectivity index (χ0) is 12.0. The number of benzene rings is 1. The lowest BCUT2D eigenvalue weighted by atomic mass is 10.0. The number of hydrogen-bond acceptors (Lipinski definition) is 2. The van der Waals surface area contributed by atoms with Crippen LogP contribution >= 0.6 is 11.6 Å². The molecule has 88 valence electrons. The van der Waals surface area contributed by atoms with Crippen molar-refractivity contribution in [3.63, 3.8) is 0 Å². The molecule has 4 heteroatoms. The smallest absolute Gasteiger partial charge is 0.258 e. The fraction of sp³-hybridized carbons (Fsp3) is 0.500. The summed E-state index contributed by atoms with van der Waals surface area (Å²) in [7, 11) is 0. The van der Waals surface area contributed by atoms with Gasteiger partial charge in [0.1, 0.15) is 0 Å². The number of rotatable bonds is 6. The lowest BCUT2D eigenvalue weighted by Crippen LogP contribution is -2.02. The molecule has 0 spiro atoms. The van der Waals surface area contributed by atoms with Crippen molar-refractivity contribution in [2.75, 3.05) is 0 Å². The molecule has 0 bridgehead atoms. The van der Waals surface area contributed by atoms with E-state index < -0.39 is 0 Å². The van der Waals surface area contributed by atoms with Gasteiger partial charge in [-0.1, -0.05) is 31.5 Å². The average Bonchev–Trinajstić information content (AvgIpc) is 2.27. The maximum atomic E-state index is 10.8. The highest BCUT2D eigenvalue weighted by molar-refractivity contribution is 6.20. The third-order valence-electron chi connectivity index (χ3n) is 2.52. The molecule has 0 N–H and O–H groups in total. The highest BCUT2D eigenvalue weighted by Gasteiger charge is 2.13. The van der Waals surface area contributed by atoms with Crippen LogP contribution in [0.15, 0.2) is 24.3 Å². The lowest BCUT2D eigenvalue weighted by molar-refractivity contribution is -0.385. The van der Waals surface area contributed by atoms with E-state index in [1.807, 2.05) is 6.07 Å². The monoisotopic (exact) mass is 241 g/mol. The Hall–Kier alpha value is -1.09. The Bertz CT molecular complexity index is 355. The lowest BCUT2D eigenvalue weighted by Gasteiger charge is -2.07. The molecule has 0 aromatic heterocycles. The Morgan fingerprint density at radius 3 is 2.69 bits per heavy atom. The summed E-state index contributed by atoms with van der Waals surface area (Å²) in [6.07, 6.45) is 3.47. The van der Waals surface area contributed by atoms with Gasteiger partial charge in [0.2, 0.25) is 0 Å². The first kappa shape index (κ1) is 13.0. The number of para-hydroxylation sites is 1. The molecule has 1 aromatic rings. The van der Waals surface area contributed by atoms with Gasteiger partial charge < -0.3 is 0 Å². The van der Waals surface area contributed by atoms with Gasteiger partial charge >= 0.3 is 0 Å². The quantitative estimate of drug-likeness (QED) is 0.430. The molecule has 1 unspecified atom stereocenters. The van der Waals surface area contributed by atoms with Crippen LogP contribution in [0.25, 0.3) is 0 Å². The zero-order valence-electron chi connectivity index (χ0n) is 9.36. The molecule has 0 aliphatic heterocycles. The predicted octanol–water partition coefficient (Wildman–Crippen LogP) is 3.93. The molecule has 0 amide bonds. The summed E-state index contributed by atoms with van der Waals surface area (Å²) in [5, 5.41) is 10.9. The molecule has 0 fully saturated rings. The van der Waals surface area contributed by atoms with Gasteiger partial charge in [-0.2, -0.15) is 0 Å². The molecule has 3 nitrogen and oxygen atoms in total. The number of alkyl halides is 1. The Balaban J connectivity index is 2.63. The number of halogens is 1. The fourth-order valence-corrected chi connectivity index (χ4v) is 2.00. The van der Waals surface area contributed by atoms with Crippen molar-refractivity contribution in [1.29, 1.82) is 0 Å². The van der Waals surface area contributed by atoms with Crippen LogP contribution in [0, 0.1) is 10.1 Å². The fourth-order valence-electron chi connectivity index (χ4n) is 1.67. The maximum Gasteiger partial charge on any atom is 0.272 e. The Morgan fingerprint density at radius 1 is 1.38 bits per heavy atom. The molecule has 1 rings (SSSR count). The van der Waals surface area contributed by atoms with E-state index >= 15 is 0 Å². The standard InChI is InChI=1S/C12H16ClNO2/c1-2-5-11(13)9-8-10-6-3-4-7-12(10)14(15)16/h3-4,6-7,11H,2,5,8-9H2,1H3. The molecule has 1 aromatic carbocycles. The second-order valence-electron chi connectivity index (χ2n) is 3.81. The summed E-state index contributed by atoms with van der Waals surface area (Å²) in [5.41, 5.74) is 0.970. The third-order valence-corrected chi connectivity index (χ3v) is 2.95. The molecule has 0 saturated heterocycles. The van der Waals surface area contributed by atoms with Crippen LogP contribution in [0.1, 0.15) is 31.7 Å². The van der Waals surface area contributed by atoms with Gasteiger partial charge in [-0.05, 0) is 19.3 Å². The highest BCUT2D eigenvalue weighted by atomic mass is 35.5. The summed E-state index contributed by atoms with van der Waals surface area (Å²) >= 11 is 6.09. The number of nitrogens with zero attached hydrogens (tertiary/aromatic N) is 1. The summed E-state index contributed by atoms with van der Waals surface area (Å²) < 4.78 is 0. The molecular weight excluding hydrogens is 226 g/mol. The zero-order valence-corrected chi connectivity index (χ0v) is 10.1. The van der Waals surface area contributed by atoms with Crippen molar-refractivity contribution in [3.8, 4) is 0 Å². The summed E-state index contributed by atoms with van der Waals surface area (Å²) in [4.78, 5) is 10.4.